The maximum absolute atomic E-state index is 13.5. The average molecular weight is 562 g/mol. The van der Waals surface area contributed by atoms with Crippen molar-refractivity contribution in [2.24, 2.45) is 0 Å². The first-order chi connectivity index (χ1) is 19.0. The predicted molar refractivity (Wildman–Crippen MR) is 147 cm³/mol. The number of benzene rings is 3. The summed E-state index contributed by atoms with van der Waals surface area (Å²) >= 11 is 0. The molecular weight excluding hydrogens is 535 g/mol. The number of aryl methyl sites for hydroxylation is 3. The van der Waals surface area contributed by atoms with E-state index in [9.17, 15) is 21.6 Å². The van der Waals surface area contributed by atoms with Crippen molar-refractivity contribution in [3.8, 4) is 16.9 Å². The average Bonchev–Trinajstić information content (AvgIpc) is 3.29. The zero-order valence-corrected chi connectivity index (χ0v) is 22.8. The van der Waals surface area contributed by atoms with E-state index in [0.717, 1.165) is 65.6 Å². The second-order valence-corrected chi connectivity index (χ2v) is 12.2. The third-order valence-electron chi connectivity index (χ3n) is 7.50. The molecule has 0 bridgehead atoms. The van der Waals surface area contributed by atoms with Crippen molar-refractivity contribution in [2.75, 3.05) is 0 Å². The number of hydrogen-bond acceptors (Lipinski definition) is 4. The number of fused-ring (bicyclic) bond motifs is 3. The molecule has 2 aromatic heterocycles. The fourth-order valence-electron chi connectivity index (χ4n) is 5.47. The number of sulfone groups is 1. The van der Waals surface area contributed by atoms with Gasteiger partial charge in [0.25, 0.3) is 0 Å². The van der Waals surface area contributed by atoms with Crippen LogP contribution in [-0.2, 0) is 28.9 Å². The highest BCUT2D eigenvalue weighted by molar-refractivity contribution is 7.91. The topological polar surface area (TPSA) is 64.8 Å². The van der Waals surface area contributed by atoms with Crippen LogP contribution in [0.2, 0.25) is 0 Å². The van der Waals surface area contributed by atoms with Crippen LogP contribution in [0.5, 0.6) is 0 Å². The number of aromatic nitrogens is 3. The van der Waals surface area contributed by atoms with Gasteiger partial charge in [-0.05, 0) is 99.2 Å². The van der Waals surface area contributed by atoms with E-state index < -0.39 is 21.6 Å². The minimum absolute atomic E-state index is 0.156. The summed E-state index contributed by atoms with van der Waals surface area (Å²) in [6, 6.07) is 18.4. The molecule has 0 unspecified atom stereocenters. The fraction of sp³-hybridized carbons (Fsp3) is 0.226. The van der Waals surface area contributed by atoms with Gasteiger partial charge in [0.15, 0.2) is 5.65 Å². The second kappa shape index (κ2) is 9.59. The van der Waals surface area contributed by atoms with Crippen molar-refractivity contribution >= 4 is 20.9 Å². The van der Waals surface area contributed by atoms with Crippen molar-refractivity contribution in [1.29, 1.82) is 0 Å². The highest BCUT2D eigenvalue weighted by Gasteiger charge is 2.31. The molecular formula is C31H26F3N3O2S. The Morgan fingerprint density at radius 2 is 1.45 bits per heavy atom. The summed E-state index contributed by atoms with van der Waals surface area (Å²) in [4.78, 5) is 5.29. The van der Waals surface area contributed by atoms with Crippen molar-refractivity contribution in [3.05, 3.63) is 101 Å². The molecule has 0 saturated heterocycles. The Bertz CT molecular complexity index is 1860. The third-order valence-corrected chi connectivity index (χ3v) is 9.28. The molecule has 0 spiro atoms. The van der Waals surface area contributed by atoms with E-state index in [1.54, 1.807) is 59.3 Å². The molecule has 0 atom stereocenters. The van der Waals surface area contributed by atoms with Crippen LogP contribution in [-0.4, -0.2) is 23.2 Å². The number of alkyl halides is 3. The molecule has 9 heteroatoms. The van der Waals surface area contributed by atoms with Gasteiger partial charge in [0, 0.05) is 10.9 Å². The Morgan fingerprint density at radius 3 is 2.10 bits per heavy atom. The van der Waals surface area contributed by atoms with E-state index in [0.29, 0.717) is 22.6 Å². The van der Waals surface area contributed by atoms with Crippen LogP contribution in [0.1, 0.15) is 40.8 Å². The summed E-state index contributed by atoms with van der Waals surface area (Å²) in [5.74, 6) is 0. The molecule has 5 aromatic rings. The molecule has 0 saturated carbocycles. The van der Waals surface area contributed by atoms with Crippen LogP contribution in [0.4, 0.5) is 13.2 Å². The standard InChI is InChI=1S/C31H26F3N3O2S/c1-19-10-14-24(15-11-19)40(38,39)25-16-12-23(13-17-25)37-30-28(20(2)36-37)26-8-3-4-9-27(26)29(35-30)21-6-5-7-22(18-21)31(32,33)34/h5-7,10-18H,3-4,8-9H2,1-2H3. The van der Waals surface area contributed by atoms with Crippen molar-refractivity contribution in [3.63, 3.8) is 0 Å². The quantitative estimate of drug-likeness (QED) is 0.229. The summed E-state index contributed by atoms with van der Waals surface area (Å²) in [6.07, 6.45) is -1.01. The van der Waals surface area contributed by atoms with Gasteiger partial charge in [0.05, 0.1) is 32.4 Å². The predicted octanol–water partition coefficient (Wildman–Crippen LogP) is 7.43. The Morgan fingerprint density at radius 1 is 0.825 bits per heavy atom. The van der Waals surface area contributed by atoms with Gasteiger partial charge in [-0.3, -0.25) is 0 Å². The van der Waals surface area contributed by atoms with Crippen LogP contribution in [0.25, 0.3) is 28.0 Å². The number of pyridine rings is 1. The summed E-state index contributed by atoms with van der Waals surface area (Å²) < 4.78 is 68.5. The Hall–Kier alpha value is -3.98. The maximum atomic E-state index is 13.5. The molecule has 0 radical (unpaired) electrons. The van der Waals surface area contributed by atoms with Crippen molar-refractivity contribution < 1.29 is 21.6 Å². The molecule has 204 valence electrons. The van der Waals surface area contributed by atoms with Crippen molar-refractivity contribution in [2.45, 2.75) is 55.5 Å². The van der Waals surface area contributed by atoms with E-state index in [-0.39, 0.29) is 9.79 Å². The van der Waals surface area contributed by atoms with Crippen LogP contribution in [0, 0.1) is 13.8 Å². The first-order valence-corrected chi connectivity index (χ1v) is 14.5. The van der Waals surface area contributed by atoms with Crippen LogP contribution < -0.4 is 0 Å². The largest absolute Gasteiger partial charge is 0.416 e. The van der Waals surface area contributed by atoms with E-state index >= 15 is 0 Å². The fourth-order valence-corrected chi connectivity index (χ4v) is 6.73. The normalized spacial score (nSPS) is 13.9. The van der Waals surface area contributed by atoms with Gasteiger partial charge in [-0.25, -0.2) is 18.1 Å². The van der Waals surface area contributed by atoms with E-state index in [2.05, 4.69) is 0 Å². The number of halogens is 3. The lowest BCUT2D eigenvalue weighted by Gasteiger charge is -2.21. The first kappa shape index (κ1) is 26.3. The summed E-state index contributed by atoms with van der Waals surface area (Å²) in [7, 11) is -3.70. The smallest absolute Gasteiger partial charge is 0.228 e. The summed E-state index contributed by atoms with van der Waals surface area (Å²) in [5.41, 5.74) is 5.17. The maximum Gasteiger partial charge on any atom is 0.416 e. The second-order valence-electron chi connectivity index (χ2n) is 10.2. The molecule has 0 aliphatic heterocycles. The molecule has 0 fully saturated rings. The van der Waals surface area contributed by atoms with Gasteiger partial charge >= 0.3 is 6.18 Å². The first-order valence-electron chi connectivity index (χ1n) is 13.0. The summed E-state index contributed by atoms with van der Waals surface area (Å²) in [6.45, 7) is 3.79. The Balaban J connectivity index is 1.49. The van der Waals surface area contributed by atoms with Gasteiger partial charge in [-0.15, -0.1) is 0 Å². The zero-order chi connectivity index (χ0) is 28.2. The SMILES string of the molecule is Cc1ccc(S(=O)(=O)c2ccc(-n3nc(C)c4c5c(c(-c6cccc(C(F)(F)F)c6)nc43)CCCC5)cc2)cc1. The lowest BCUT2D eigenvalue weighted by Crippen LogP contribution is -2.10. The van der Waals surface area contributed by atoms with Gasteiger partial charge in [0.2, 0.25) is 9.84 Å². The molecule has 0 N–H and O–H groups in total. The number of nitrogens with zero attached hydrogens (tertiary/aromatic N) is 3. The molecule has 2 heterocycles. The van der Waals surface area contributed by atoms with Crippen molar-refractivity contribution in [1.82, 2.24) is 14.8 Å². The van der Waals surface area contributed by atoms with E-state index in [1.165, 1.54) is 6.07 Å². The highest BCUT2D eigenvalue weighted by Crippen LogP contribution is 2.39. The Labute approximate surface area is 230 Å². The van der Waals surface area contributed by atoms with Crippen LogP contribution >= 0.6 is 0 Å². The third kappa shape index (κ3) is 4.48. The molecule has 1 aliphatic rings. The van der Waals surface area contributed by atoms with Gasteiger partial charge in [-0.1, -0.05) is 29.8 Å². The molecule has 3 aromatic carbocycles. The number of hydrogen-bond donors (Lipinski definition) is 0. The minimum atomic E-state index is -4.46. The monoisotopic (exact) mass is 561 g/mol. The molecule has 6 rings (SSSR count). The molecule has 40 heavy (non-hydrogen) atoms. The minimum Gasteiger partial charge on any atom is -0.228 e. The van der Waals surface area contributed by atoms with Gasteiger partial charge in [-0.2, -0.15) is 18.3 Å². The highest BCUT2D eigenvalue weighted by atomic mass is 32.2. The van der Waals surface area contributed by atoms with Gasteiger partial charge < -0.3 is 0 Å². The molecule has 1 aliphatic carbocycles. The number of rotatable bonds is 4. The van der Waals surface area contributed by atoms with Crippen LogP contribution in [0.15, 0.2) is 82.6 Å². The van der Waals surface area contributed by atoms with Gasteiger partial charge in [0.1, 0.15) is 0 Å². The lowest BCUT2D eigenvalue weighted by molar-refractivity contribution is -0.137. The summed E-state index contributed by atoms with van der Waals surface area (Å²) in [5, 5.41) is 5.65. The molecule has 0 amide bonds. The lowest BCUT2D eigenvalue weighted by atomic mass is 9.86. The zero-order valence-electron chi connectivity index (χ0n) is 22.0. The molecule has 5 nitrogen and oxygen atoms in total. The van der Waals surface area contributed by atoms with E-state index in [4.69, 9.17) is 10.1 Å². The Kier molecular flexibility index (Phi) is 6.29. The van der Waals surface area contributed by atoms with E-state index in [1.807, 2.05) is 13.8 Å². The van der Waals surface area contributed by atoms with Crippen LogP contribution in [0.3, 0.4) is 0 Å².